The molecular weight excluding hydrogens is 272 g/mol. The Morgan fingerprint density at radius 1 is 0.857 bits per heavy atom. The van der Waals surface area contributed by atoms with E-state index in [2.05, 4.69) is 0 Å². The molecule has 0 unspecified atom stereocenters. The van der Waals surface area contributed by atoms with Crippen LogP contribution in [0.4, 0.5) is 4.79 Å². The second kappa shape index (κ2) is 5.50. The zero-order valence-electron chi connectivity index (χ0n) is 10.8. The minimum absolute atomic E-state index is 0.234. The molecule has 0 radical (unpaired) electrons. The Kier molecular flexibility index (Phi) is 3.39. The first kappa shape index (κ1) is 12.9. The van der Waals surface area contributed by atoms with E-state index in [1.54, 1.807) is 42.5 Å². The first-order valence-corrected chi connectivity index (χ1v) is 6.19. The number of benzene rings is 2. The lowest BCUT2D eigenvalue weighted by atomic mass is 10.2. The standard InChI is InChI=1S/C16H10O5/c17-15-9-7-11-6-8-13(10-14(11)21-15)20-16(18)19-12-4-2-1-3-5-12/h1-10H. The number of hydrogen-bond acceptors (Lipinski definition) is 5. The van der Waals surface area contributed by atoms with E-state index >= 15 is 0 Å². The highest BCUT2D eigenvalue weighted by atomic mass is 16.7. The molecule has 0 saturated carbocycles. The molecule has 0 saturated heterocycles. The summed E-state index contributed by atoms with van der Waals surface area (Å²) in [6, 6.07) is 16.3. The van der Waals surface area contributed by atoms with Crippen LogP contribution in [0, 0.1) is 0 Å². The molecule has 0 aliphatic heterocycles. The molecule has 3 rings (SSSR count). The molecule has 104 valence electrons. The summed E-state index contributed by atoms with van der Waals surface area (Å²) in [5, 5.41) is 0.735. The van der Waals surface area contributed by atoms with Gasteiger partial charge < -0.3 is 13.9 Å². The zero-order valence-corrected chi connectivity index (χ0v) is 10.8. The lowest BCUT2D eigenvalue weighted by Crippen LogP contribution is -2.13. The molecule has 1 heterocycles. The van der Waals surface area contributed by atoms with E-state index < -0.39 is 11.8 Å². The third-order valence-electron chi connectivity index (χ3n) is 2.74. The van der Waals surface area contributed by atoms with Gasteiger partial charge in [-0.05, 0) is 30.3 Å². The Hall–Kier alpha value is -3.08. The fraction of sp³-hybridized carbons (Fsp3) is 0. The summed E-state index contributed by atoms with van der Waals surface area (Å²) in [6.45, 7) is 0. The van der Waals surface area contributed by atoms with Crippen molar-refractivity contribution in [1.82, 2.24) is 0 Å². The van der Waals surface area contributed by atoms with E-state index in [4.69, 9.17) is 13.9 Å². The van der Waals surface area contributed by atoms with Crippen molar-refractivity contribution in [1.29, 1.82) is 0 Å². The summed E-state index contributed by atoms with van der Waals surface area (Å²) in [6.07, 6.45) is -0.862. The van der Waals surface area contributed by atoms with Crippen molar-refractivity contribution in [2.24, 2.45) is 0 Å². The second-order valence-electron chi connectivity index (χ2n) is 4.22. The Morgan fingerprint density at radius 2 is 1.57 bits per heavy atom. The SMILES string of the molecule is O=C(Oc1ccccc1)Oc1ccc2ccc(=O)oc2c1. The smallest absolute Gasteiger partial charge is 0.423 e. The summed E-state index contributed by atoms with van der Waals surface area (Å²) in [4.78, 5) is 22.8. The fourth-order valence-electron chi connectivity index (χ4n) is 1.81. The largest absolute Gasteiger partial charge is 0.519 e. The highest BCUT2D eigenvalue weighted by Crippen LogP contribution is 2.20. The molecule has 0 aliphatic rings. The Bertz CT molecular complexity index is 836. The molecule has 0 spiro atoms. The normalized spacial score (nSPS) is 10.3. The van der Waals surface area contributed by atoms with Crippen molar-refractivity contribution in [3.63, 3.8) is 0 Å². The molecule has 0 fully saturated rings. The molecule has 0 bridgehead atoms. The summed E-state index contributed by atoms with van der Waals surface area (Å²) in [5.74, 6) is 0.618. The van der Waals surface area contributed by atoms with Gasteiger partial charge in [-0.2, -0.15) is 0 Å². The third kappa shape index (κ3) is 3.09. The van der Waals surface area contributed by atoms with Gasteiger partial charge in [-0.1, -0.05) is 18.2 Å². The molecule has 2 aromatic carbocycles. The monoisotopic (exact) mass is 282 g/mol. The van der Waals surface area contributed by atoms with Crippen LogP contribution in [0.2, 0.25) is 0 Å². The predicted molar refractivity (Wildman–Crippen MR) is 75.6 cm³/mol. The van der Waals surface area contributed by atoms with E-state index in [0.29, 0.717) is 11.3 Å². The summed E-state index contributed by atoms with van der Waals surface area (Å²) in [7, 11) is 0. The van der Waals surface area contributed by atoms with Crippen molar-refractivity contribution in [3.05, 3.63) is 71.1 Å². The van der Waals surface area contributed by atoms with E-state index in [-0.39, 0.29) is 5.75 Å². The quantitative estimate of drug-likeness (QED) is 0.409. The number of carbonyl (C=O) groups is 1. The third-order valence-corrected chi connectivity index (χ3v) is 2.74. The Morgan fingerprint density at radius 3 is 2.38 bits per heavy atom. The molecule has 5 heteroatoms. The number of ether oxygens (including phenoxy) is 2. The van der Waals surface area contributed by atoms with Gasteiger partial charge in [0.05, 0.1) is 0 Å². The van der Waals surface area contributed by atoms with Gasteiger partial charge in [0.2, 0.25) is 0 Å². The topological polar surface area (TPSA) is 65.7 Å². The van der Waals surface area contributed by atoms with Gasteiger partial charge in [0.1, 0.15) is 17.1 Å². The second-order valence-corrected chi connectivity index (χ2v) is 4.22. The van der Waals surface area contributed by atoms with Gasteiger partial charge in [0.25, 0.3) is 0 Å². The molecule has 1 aromatic heterocycles. The first-order chi connectivity index (χ1) is 10.2. The minimum Gasteiger partial charge on any atom is -0.423 e. The van der Waals surface area contributed by atoms with Crippen LogP contribution in [0.5, 0.6) is 11.5 Å². The lowest BCUT2D eigenvalue weighted by Gasteiger charge is -2.05. The highest BCUT2D eigenvalue weighted by Gasteiger charge is 2.09. The van der Waals surface area contributed by atoms with Crippen LogP contribution in [-0.2, 0) is 0 Å². The van der Waals surface area contributed by atoms with E-state index in [0.717, 1.165) is 5.39 Å². The number of fused-ring (bicyclic) bond motifs is 1. The van der Waals surface area contributed by atoms with Crippen LogP contribution in [0.25, 0.3) is 11.0 Å². The summed E-state index contributed by atoms with van der Waals surface area (Å²) >= 11 is 0. The van der Waals surface area contributed by atoms with Gasteiger partial charge in [-0.25, -0.2) is 9.59 Å². The van der Waals surface area contributed by atoms with Gasteiger partial charge in [-0.3, -0.25) is 0 Å². The molecule has 0 amide bonds. The zero-order chi connectivity index (χ0) is 14.7. The van der Waals surface area contributed by atoms with E-state index in [1.165, 1.54) is 12.1 Å². The maximum absolute atomic E-state index is 11.6. The molecule has 0 aliphatic carbocycles. The van der Waals surface area contributed by atoms with E-state index in [9.17, 15) is 9.59 Å². The molecule has 3 aromatic rings. The van der Waals surface area contributed by atoms with Crippen molar-refractivity contribution in [2.75, 3.05) is 0 Å². The number of hydrogen-bond donors (Lipinski definition) is 0. The number of carbonyl (C=O) groups excluding carboxylic acids is 1. The van der Waals surface area contributed by atoms with Crippen LogP contribution in [-0.4, -0.2) is 6.16 Å². The maximum atomic E-state index is 11.6. The Balaban J connectivity index is 1.78. The van der Waals surface area contributed by atoms with Crippen molar-refractivity contribution in [3.8, 4) is 11.5 Å². The molecule has 0 N–H and O–H groups in total. The van der Waals surface area contributed by atoms with E-state index in [1.807, 2.05) is 6.07 Å². The van der Waals surface area contributed by atoms with Gasteiger partial charge in [0, 0.05) is 17.5 Å². The molecule has 5 nitrogen and oxygen atoms in total. The average Bonchev–Trinajstić information content (AvgIpc) is 2.47. The molecular formula is C16H10O5. The van der Waals surface area contributed by atoms with Crippen molar-refractivity contribution < 1.29 is 18.7 Å². The van der Waals surface area contributed by atoms with Crippen LogP contribution >= 0.6 is 0 Å². The highest BCUT2D eigenvalue weighted by molar-refractivity contribution is 5.79. The predicted octanol–water partition coefficient (Wildman–Crippen LogP) is 3.37. The van der Waals surface area contributed by atoms with Crippen molar-refractivity contribution in [2.45, 2.75) is 0 Å². The number of para-hydroxylation sites is 1. The summed E-state index contributed by atoms with van der Waals surface area (Å²) < 4.78 is 15.1. The van der Waals surface area contributed by atoms with Gasteiger partial charge in [-0.15, -0.1) is 0 Å². The number of rotatable bonds is 2. The van der Waals surface area contributed by atoms with Crippen LogP contribution in [0.3, 0.4) is 0 Å². The summed E-state index contributed by atoms with van der Waals surface area (Å²) in [5.41, 5.74) is -0.126. The Labute approximate surface area is 119 Å². The fourth-order valence-corrected chi connectivity index (χ4v) is 1.81. The minimum atomic E-state index is -0.862. The molecule has 0 atom stereocenters. The van der Waals surface area contributed by atoms with Crippen LogP contribution in [0.15, 0.2) is 69.9 Å². The van der Waals surface area contributed by atoms with Crippen LogP contribution < -0.4 is 15.1 Å². The first-order valence-electron chi connectivity index (χ1n) is 6.19. The maximum Gasteiger partial charge on any atom is 0.519 e. The van der Waals surface area contributed by atoms with Gasteiger partial charge in [0.15, 0.2) is 0 Å². The van der Waals surface area contributed by atoms with Crippen molar-refractivity contribution >= 4 is 17.1 Å². The van der Waals surface area contributed by atoms with Gasteiger partial charge >= 0.3 is 11.8 Å². The average molecular weight is 282 g/mol. The lowest BCUT2D eigenvalue weighted by molar-refractivity contribution is 0.152. The molecule has 21 heavy (non-hydrogen) atoms. The van der Waals surface area contributed by atoms with Crippen LogP contribution in [0.1, 0.15) is 0 Å².